The topological polar surface area (TPSA) is 50.4 Å². The van der Waals surface area contributed by atoms with E-state index in [1.54, 1.807) is 0 Å². The van der Waals surface area contributed by atoms with Crippen molar-refractivity contribution >= 4 is 24.0 Å². The third kappa shape index (κ3) is 4.25. The largest absolute Gasteiger partial charge is 0.427 e. The van der Waals surface area contributed by atoms with Gasteiger partial charge in [-0.05, 0) is 30.4 Å². The number of nitrogens with one attached hydrogen (secondary N) is 2. The van der Waals surface area contributed by atoms with Crippen LogP contribution in [0.2, 0.25) is 6.82 Å². The summed E-state index contributed by atoms with van der Waals surface area (Å²) in [6, 6.07) is 3.47. The Bertz CT molecular complexity index is 578. The highest BCUT2D eigenvalue weighted by Crippen LogP contribution is 2.20. The predicted molar refractivity (Wildman–Crippen MR) is 92.6 cm³/mol. The molecule has 1 aromatic rings. The second-order valence-corrected chi connectivity index (χ2v) is 6.75. The second-order valence-electron chi connectivity index (χ2n) is 6.75. The van der Waals surface area contributed by atoms with E-state index in [0.29, 0.717) is 25.3 Å². The fourth-order valence-corrected chi connectivity index (χ4v) is 2.50. The first-order valence-electron chi connectivity index (χ1n) is 8.31. The summed E-state index contributed by atoms with van der Waals surface area (Å²) >= 11 is 0. The summed E-state index contributed by atoms with van der Waals surface area (Å²) in [4.78, 5) is 11.9. The average molecular weight is 320 g/mol. The quantitative estimate of drug-likeness (QED) is 0.600. The van der Waals surface area contributed by atoms with Gasteiger partial charge in [-0.25, -0.2) is 4.39 Å². The Morgan fingerprint density at radius 1 is 1.39 bits per heavy atom. The van der Waals surface area contributed by atoms with E-state index in [4.69, 9.17) is 4.65 Å². The van der Waals surface area contributed by atoms with Crippen LogP contribution in [0, 0.1) is 11.2 Å². The lowest BCUT2D eigenvalue weighted by atomic mass is 9.64. The van der Waals surface area contributed by atoms with Crippen molar-refractivity contribution in [2.45, 2.75) is 47.0 Å². The summed E-state index contributed by atoms with van der Waals surface area (Å²) in [7, 11) is 0. The van der Waals surface area contributed by atoms with Gasteiger partial charge in [0.2, 0.25) is 5.91 Å². The minimum Gasteiger partial charge on any atom is -0.427 e. The van der Waals surface area contributed by atoms with Gasteiger partial charge in [0.15, 0.2) is 0 Å². The normalized spacial score (nSPS) is 13.9. The number of benzene rings is 1. The third-order valence-electron chi connectivity index (χ3n) is 4.61. The number of hydrogen-bond donors (Lipinski definition) is 2. The highest BCUT2D eigenvalue weighted by atomic mass is 19.1. The molecule has 0 radical (unpaired) electrons. The van der Waals surface area contributed by atoms with Crippen molar-refractivity contribution in [2.24, 2.45) is 5.41 Å². The van der Waals surface area contributed by atoms with Crippen molar-refractivity contribution in [1.29, 1.82) is 0 Å². The predicted octanol–water partition coefficient (Wildman–Crippen LogP) is 2.54. The Hall–Kier alpha value is -1.56. The molecule has 0 saturated heterocycles. The van der Waals surface area contributed by atoms with Gasteiger partial charge >= 0.3 is 6.92 Å². The first-order chi connectivity index (χ1) is 10.8. The summed E-state index contributed by atoms with van der Waals surface area (Å²) < 4.78 is 19.5. The SMILES string of the molecule is CCC(C)(C)C(=O)NCCCNc1cc(F)c2c(c1)B(C)OC2. The fraction of sp³-hybridized carbons (Fsp3) is 0.588. The van der Waals surface area contributed by atoms with Crippen molar-refractivity contribution in [3.63, 3.8) is 0 Å². The molecule has 0 atom stereocenters. The van der Waals surface area contributed by atoms with E-state index in [-0.39, 0.29) is 24.1 Å². The number of halogens is 1. The molecule has 2 rings (SSSR count). The molecule has 23 heavy (non-hydrogen) atoms. The van der Waals surface area contributed by atoms with Gasteiger partial charge in [-0.15, -0.1) is 0 Å². The van der Waals surface area contributed by atoms with Crippen molar-refractivity contribution in [3.8, 4) is 0 Å². The molecule has 1 heterocycles. The maximum atomic E-state index is 14.0. The molecule has 6 heteroatoms. The molecule has 0 unspecified atom stereocenters. The van der Waals surface area contributed by atoms with Gasteiger partial charge in [0, 0.05) is 29.8 Å². The number of rotatable bonds is 7. The van der Waals surface area contributed by atoms with Crippen molar-refractivity contribution in [1.82, 2.24) is 5.32 Å². The van der Waals surface area contributed by atoms with Crippen molar-refractivity contribution in [2.75, 3.05) is 18.4 Å². The van der Waals surface area contributed by atoms with E-state index in [9.17, 15) is 9.18 Å². The zero-order valence-corrected chi connectivity index (χ0v) is 14.5. The molecule has 2 N–H and O–H groups in total. The molecule has 1 aliphatic heterocycles. The molecule has 0 fully saturated rings. The van der Waals surface area contributed by atoms with Crippen molar-refractivity contribution < 1.29 is 13.8 Å². The Morgan fingerprint density at radius 3 is 2.83 bits per heavy atom. The van der Waals surface area contributed by atoms with Crippen LogP contribution in [0.1, 0.15) is 39.2 Å². The summed E-state index contributed by atoms with van der Waals surface area (Å²) in [5, 5.41) is 6.16. The van der Waals surface area contributed by atoms with Gasteiger partial charge in [0.1, 0.15) is 5.82 Å². The second kappa shape index (κ2) is 7.34. The molecule has 0 spiro atoms. The lowest BCUT2D eigenvalue weighted by Gasteiger charge is -2.21. The maximum Gasteiger partial charge on any atom is 0.324 e. The fourth-order valence-electron chi connectivity index (χ4n) is 2.50. The van der Waals surface area contributed by atoms with Crippen LogP contribution >= 0.6 is 0 Å². The Morgan fingerprint density at radius 2 is 2.13 bits per heavy atom. The smallest absolute Gasteiger partial charge is 0.324 e. The molecule has 0 aromatic heterocycles. The molecule has 126 valence electrons. The molecule has 0 saturated carbocycles. The third-order valence-corrected chi connectivity index (χ3v) is 4.61. The first-order valence-corrected chi connectivity index (χ1v) is 8.31. The molecule has 1 amide bonds. The zero-order valence-electron chi connectivity index (χ0n) is 14.5. The monoisotopic (exact) mass is 320 g/mol. The number of carbonyl (C=O) groups excluding carboxylic acids is 1. The molecule has 4 nitrogen and oxygen atoms in total. The zero-order chi connectivity index (χ0) is 17.0. The van der Waals surface area contributed by atoms with Crippen LogP contribution < -0.4 is 16.1 Å². The lowest BCUT2D eigenvalue weighted by molar-refractivity contribution is -0.129. The minimum absolute atomic E-state index is 0.0585. The number of amides is 1. The maximum absolute atomic E-state index is 14.0. The minimum atomic E-state index is -0.327. The van der Waals surface area contributed by atoms with Crippen LogP contribution in [0.25, 0.3) is 0 Å². The molecule has 1 aromatic carbocycles. The number of anilines is 1. The summed E-state index contributed by atoms with van der Waals surface area (Å²) in [5.41, 5.74) is 2.02. The van der Waals surface area contributed by atoms with Crippen LogP contribution in [-0.4, -0.2) is 25.9 Å². The Labute approximate surface area is 138 Å². The number of carbonyl (C=O) groups is 1. The standard InChI is InChI=1S/C17H26BFN2O2/c1-5-17(2,3)16(22)21-8-6-7-20-12-9-14-13(15(19)10-12)11-23-18(14)4/h9-10,20H,5-8,11H2,1-4H3,(H,21,22). The van der Waals surface area contributed by atoms with E-state index >= 15 is 0 Å². The van der Waals surface area contributed by atoms with E-state index < -0.39 is 0 Å². The molecule has 0 aliphatic carbocycles. The summed E-state index contributed by atoms with van der Waals surface area (Å²) in [5.74, 6) is -0.137. The van der Waals surface area contributed by atoms with Gasteiger partial charge < -0.3 is 15.3 Å². The van der Waals surface area contributed by atoms with E-state index in [1.165, 1.54) is 6.07 Å². The van der Waals surface area contributed by atoms with Gasteiger partial charge in [-0.2, -0.15) is 0 Å². The highest BCUT2D eigenvalue weighted by Gasteiger charge is 2.27. The molecular weight excluding hydrogens is 294 g/mol. The van der Waals surface area contributed by atoms with Crippen LogP contribution in [0.5, 0.6) is 0 Å². The van der Waals surface area contributed by atoms with Crippen LogP contribution in [0.15, 0.2) is 12.1 Å². The first kappa shape index (κ1) is 17.8. The van der Waals surface area contributed by atoms with E-state index in [1.807, 2.05) is 33.7 Å². The number of fused-ring (bicyclic) bond motifs is 1. The highest BCUT2D eigenvalue weighted by molar-refractivity contribution is 6.67. The van der Waals surface area contributed by atoms with Crippen LogP contribution in [0.4, 0.5) is 10.1 Å². The summed E-state index contributed by atoms with van der Waals surface area (Å²) in [6.07, 6.45) is 1.60. The Kier molecular flexibility index (Phi) is 5.68. The van der Waals surface area contributed by atoms with Gasteiger partial charge in [-0.1, -0.05) is 27.6 Å². The lowest BCUT2D eigenvalue weighted by Crippen LogP contribution is -2.37. The summed E-state index contributed by atoms with van der Waals surface area (Å²) in [6.45, 7) is 9.41. The molecule has 1 aliphatic rings. The van der Waals surface area contributed by atoms with Crippen LogP contribution in [0.3, 0.4) is 0 Å². The van der Waals surface area contributed by atoms with Gasteiger partial charge in [-0.3, -0.25) is 4.79 Å². The van der Waals surface area contributed by atoms with E-state index in [2.05, 4.69) is 10.6 Å². The van der Waals surface area contributed by atoms with Crippen molar-refractivity contribution in [3.05, 3.63) is 23.5 Å². The van der Waals surface area contributed by atoms with Gasteiger partial charge in [0.25, 0.3) is 0 Å². The number of hydrogen-bond acceptors (Lipinski definition) is 3. The van der Waals surface area contributed by atoms with Gasteiger partial charge in [0.05, 0.1) is 6.61 Å². The van der Waals surface area contributed by atoms with E-state index in [0.717, 1.165) is 24.0 Å². The molecule has 0 bridgehead atoms. The Balaban J connectivity index is 1.78. The van der Waals surface area contributed by atoms with Crippen LogP contribution in [-0.2, 0) is 16.1 Å². The molecular formula is C17H26BFN2O2. The average Bonchev–Trinajstić information content (AvgIpc) is 2.88.